The van der Waals surface area contributed by atoms with Crippen molar-refractivity contribution >= 4 is 20.1 Å². The van der Waals surface area contributed by atoms with E-state index in [0.717, 1.165) is 29.7 Å². The third-order valence-corrected chi connectivity index (χ3v) is 12.2. The van der Waals surface area contributed by atoms with Gasteiger partial charge < -0.3 is 10.0 Å². The van der Waals surface area contributed by atoms with Gasteiger partial charge in [0.1, 0.15) is 0 Å². The van der Waals surface area contributed by atoms with Crippen LogP contribution in [0.15, 0.2) is 4.99 Å². The Morgan fingerprint density at radius 3 is 2.83 bits per heavy atom. The van der Waals surface area contributed by atoms with Crippen LogP contribution in [0, 0.1) is 0 Å². The number of hydrogen-bond donors (Lipinski definition) is 2. The van der Waals surface area contributed by atoms with E-state index in [4.69, 9.17) is 5.11 Å². The molecule has 3 rings (SSSR count). The summed E-state index contributed by atoms with van der Waals surface area (Å²) in [5.74, 6) is 0.547. The van der Waals surface area contributed by atoms with Gasteiger partial charge >= 0.3 is 6.09 Å². The Hall–Kier alpha value is -1.04. The van der Waals surface area contributed by atoms with Crippen molar-refractivity contribution < 1.29 is 9.90 Å². The Morgan fingerprint density at radius 1 is 1.56 bits per heavy atom. The maximum Gasteiger partial charge on any atom is 0.411 e. The molecule has 6 heteroatoms. The molecule has 3 heterocycles. The van der Waals surface area contributed by atoms with Gasteiger partial charge in [0.15, 0.2) is 0 Å². The van der Waals surface area contributed by atoms with Crippen LogP contribution in [0.5, 0.6) is 0 Å². The normalized spacial score (nSPS) is 40.2. The number of nitrogens with zero attached hydrogens (tertiary/aromatic N) is 2. The predicted octanol–water partition coefficient (Wildman–Crippen LogP) is 1.94. The lowest BCUT2D eigenvalue weighted by molar-refractivity contribution is 0.199. The van der Waals surface area contributed by atoms with E-state index < -0.39 is 14.2 Å². The number of guanidine groups is 1. The minimum Gasteiger partial charge on any atom is -0.465 e. The van der Waals surface area contributed by atoms with Gasteiger partial charge in [0.25, 0.3) is 0 Å². The molecule has 0 aromatic heterocycles. The molecule has 1 amide bonds. The molecule has 0 bridgehead atoms. The maximum atomic E-state index is 10.6. The number of nitrogens with one attached hydrogen (secondary N) is 1. The van der Waals surface area contributed by atoms with Gasteiger partial charge in [0.2, 0.25) is 5.96 Å². The summed E-state index contributed by atoms with van der Waals surface area (Å²) in [5.41, 5.74) is 3.26. The second-order valence-electron chi connectivity index (χ2n) is 5.94. The van der Waals surface area contributed by atoms with E-state index in [1.165, 1.54) is 12.5 Å². The Bertz CT molecular complexity index is 402. The van der Waals surface area contributed by atoms with Crippen LogP contribution in [0.25, 0.3) is 0 Å². The summed E-state index contributed by atoms with van der Waals surface area (Å²) in [6, 6.07) is 1.43. The molecule has 0 aromatic carbocycles. The molecule has 2 N–H and O–H groups in total. The van der Waals surface area contributed by atoms with E-state index in [-0.39, 0.29) is 0 Å². The van der Waals surface area contributed by atoms with Crippen molar-refractivity contribution in [1.82, 2.24) is 10.2 Å². The van der Waals surface area contributed by atoms with E-state index in [1.807, 2.05) is 0 Å². The lowest BCUT2D eigenvalue weighted by Crippen LogP contribution is -2.41. The van der Waals surface area contributed by atoms with Crippen molar-refractivity contribution in [2.24, 2.45) is 4.99 Å². The molecule has 3 aliphatic heterocycles. The maximum absolute atomic E-state index is 10.6. The molecule has 2 saturated heterocycles. The van der Waals surface area contributed by atoms with Crippen LogP contribution in [0.2, 0.25) is 22.7 Å². The Morgan fingerprint density at radius 2 is 2.28 bits per heavy atom. The topological polar surface area (TPSA) is 64.9 Å². The molecule has 0 aliphatic carbocycles. The highest BCUT2D eigenvalue weighted by atomic mass is 28.3. The molecule has 2 unspecified atom stereocenters. The first-order chi connectivity index (χ1) is 8.57. The van der Waals surface area contributed by atoms with Crippen molar-refractivity contribution in [3.63, 3.8) is 0 Å². The summed E-state index contributed by atoms with van der Waals surface area (Å²) >= 11 is 0. The monoisotopic (exact) mass is 267 g/mol. The van der Waals surface area contributed by atoms with Crippen molar-refractivity contribution in [3.8, 4) is 0 Å². The highest BCUT2D eigenvalue weighted by Gasteiger charge is 2.82. The molecular formula is C12H21N3O2Si. The van der Waals surface area contributed by atoms with Gasteiger partial charge in [0.05, 0.1) is 14.6 Å². The first kappa shape index (κ1) is 12.0. The molecule has 3 aliphatic rings. The van der Waals surface area contributed by atoms with Gasteiger partial charge in [-0.05, 0) is 23.0 Å². The standard InChI is InChI=1S/C12H21N3O2Si/c1-8-10-9(2)18(8,10)7-3-5-15-6-4-13-11(15)14-12(16)17/h8-10H,3-7H2,1-2H3,(H,13,14)(H,16,17). The van der Waals surface area contributed by atoms with Gasteiger partial charge in [-0.3, -0.25) is 10.3 Å². The van der Waals surface area contributed by atoms with Gasteiger partial charge in [-0.2, -0.15) is 0 Å². The summed E-state index contributed by atoms with van der Waals surface area (Å²) in [6.45, 7) is 7.38. The number of hydrogen-bond acceptors (Lipinski definition) is 3. The second-order valence-corrected chi connectivity index (χ2v) is 11.2. The molecule has 0 spiro atoms. The SMILES string of the molecule is CC1C2C(C)[Si]12CCCN1CCN=C1NC(=O)O. The average molecular weight is 267 g/mol. The number of aliphatic imine (C=N–C) groups is 1. The Balaban J connectivity index is 1.44. The van der Waals surface area contributed by atoms with Gasteiger partial charge in [-0.15, -0.1) is 0 Å². The largest absolute Gasteiger partial charge is 0.465 e. The van der Waals surface area contributed by atoms with Crippen LogP contribution in [0.4, 0.5) is 4.79 Å². The van der Waals surface area contributed by atoms with Gasteiger partial charge in [-0.25, -0.2) is 4.79 Å². The van der Waals surface area contributed by atoms with Gasteiger partial charge in [-0.1, -0.05) is 19.9 Å². The number of rotatable bonds is 4. The van der Waals surface area contributed by atoms with Crippen LogP contribution >= 0.6 is 0 Å². The van der Waals surface area contributed by atoms with Crippen LogP contribution in [-0.4, -0.2) is 49.8 Å². The van der Waals surface area contributed by atoms with Crippen LogP contribution in [0.3, 0.4) is 0 Å². The van der Waals surface area contributed by atoms with E-state index in [2.05, 4.69) is 29.1 Å². The first-order valence-corrected chi connectivity index (χ1v) is 9.30. The fourth-order valence-electron chi connectivity index (χ4n) is 4.23. The summed E-state index contributed by atoms with van der Waals surface area (Å²) in [6.07, 6.45) is 0.192. The zero-order valence-electron chi connectivity index (χ0n) is 11.0. The fourth-order valence-corrected chi connectivity index (χ4v) is 11.4. The quantitative estimate of drug-likeness (QED) is 0.765. The molecule has 0 aromatic rings. The van der Waals surface area contributed by atoms with Crippen LogP contribution in [-0.2, 0) is 0 Å². The van der Waals surface area contributed by atoms with E-state index >= 15 is 0 Å². The van der Waals surface area contributed by atoms with Crippen molar-refractivity contribution in [3.05, 3.63) is 0 Å². The minimum absolute atomic E-state index is 0.547. The van der Waals surface area contributed by atoms with Crippen molar-refractivity contribution in [2.75, 3.05) is 19.6 Å². The molecule has 2 fully saturated rings. The lowest BCUT2D eigenvalue weighted by Gasteiger charge is -2.20. The zero-order chi connectivity index (χ0) is 12.9. The third-order valence-electron chi connectivity index (χ3n) is 5.36. The summed E-state index contributed by atoms with van der Waals surface area (Å²) < 4.78 is 0. The average Bonchev–Trinajstić information content (AvgIpc) is 3.02. The predicted molar refractivity (Wildman–Crippen MR) is 72.8 cm³/mol. The number of amides is 1. The Labute approximate surface area is 108 Å². The van der Waals surface area contributed by atoms with Crippen LogP contribution in [0.1, 0.15) is 20.3 Å². The molecule has 2 atom stereocenters. The number of carbonyl (C=O) groups is 1. The van der Waals surface area contributed by atoms with Crippen LogP contribution < -0.4 is 5.32 Å². The number of fused-ring (bicyclic) bond motifs is 1. The smallest absolute Gasteiger partial charge is 0.411 e. The molecule has 0 radical (unpaired) electrons. The minimum atomic E-state index is -1.01. The fraction of sp³-hybridized carbons (Fsp3) is 0.833. The first-order valence-electron chi connectivity index (χ1n) is 6.86. The highest BCUT2D eigenvalue weighted by molar-refractivity contribution is 7.05. The highest BCUT2D eigenvalue weighted by Crippen LogP contribution is 2.88. The summed E-state index contributed by atoms with van der Waals surface area (Å²) in [7, 11) is -0.777. The summed E-state index contributed by atoms with van der Waals surface area (Å²) in [4.78, 5) is 16.9. The summed E-state index contributed by atoms with van der Waals surface area (Å²) in [5, 5.41) is 11.1. The molecule has 100 valence electrons. The second kappa shape index (κ2) is 3.98. The van der Waals surface area contributed by atoms with E-state index in [1.54, 1.807) is 0 Å². The van der Waals surface area contributed by atoms with E-state index in [0.29, 0.717) is 12.5 Å². The Kier molecular flexibility index (Phi) is 2.66. The zero-order valence-corrected chi connectivity index (χ0v) is 12.0. The third kappa shape index (κ3) is 1.66. The lowest BCUT2D eigenvalue weighted by atomic mass is 10.3. The molecule has 0 saturated carbocycles. The molecule has 18 heavy (non-hydrogen) atoms. The molecular weight excluding hydrogens is 246 g/mol. The van der Waals surface area contributed by atoms with Gasteiger partial charge in [0, 0.05) is 13.1 Å². The number of carboxylic acid groups (broad SMARTS) is 1. The van der Waals surface area contributed by atoms with Crippen molar-refractivity contribution in [1.29, 1.82) is 0 Å². The van der Waals surface area contributed by atoms with E-state index in [9.17, 15) is 4.79 Å². The molecule has 5 nitrogen and oxygen atoms in total. The van der Waals surface area contributed by atoms with Crippen molar-refractivity contribution in [2.45, 2.75) is 42.9 Å².